The number of amides is 3. The molecule has 2 saturated heterocycles. The first-order chi connectivity index (χ1) is 20.7. The highest BCUT2D eigenvalue weighted by atomic mass is 19.4. The molecule has 2 aliphatic heterocycles. The molecule has 5 rings (SSSR count). The average Bonchev–Trinajstić information content (AvgIpc) is 3.15. The maximum absolute atomic E-state index is 14.3. The molecule has 0 aliphatic carbocycles. The zero-order chi connectivity index (χ0) is 32.2. The van der Waals surface area contributed by atoms with E-state index in [9.17, 15) is 27.2 Å². The lowest BCUT2D eigenvalue weighted by molar-refractivity contribution is -0.192. The second-order valence-electron chi connectivity index (χ2n) is 11.0. The number of alkyl halides is 3. The van der Waals surface area contributed by atoms with E-state index >= 15 is 0 Å². The van der Waals surface area contributed by atoms with E-state index in [4.69, 9.17) is 14.6 Å². The van der Waals surface area contributed by atoms with Crippen LogP contribution in [0.2, 0.25) is 0 Å². The number of aliphatic carboxylic acids is 1. The lowest BCUT2D eigenvalue weighted by atomic mass is 9.81. The van der Waals surface area contributed by atoms with Gasteiger partial charge in [0.2, 0.25) is 0 Å². The summed E-state index contributed by atoms with van der Waals surface area (Å²) in [6.45, 7) is 7.41. The van der Waals surface area contributed by atoms with Gasteiger partial charge in [-0.1, -0.05) is 36.4 Å². The van der Waals surface area contributed by atoms with Crippen molar-refractivity contribution in [2.45, 2.75) is 64.0 Å². The van der Waals surface area contributed by atoms with E-state index in [1.807, 2.05) is 32.0 Å². The Morgan fingerprint density at radius 3 is 2.23 bits per heavy atom. The van der Waals surface area contributed by atoms with Gasteiger partial charge in [0.05, 0.1) is 11.8 Å². The van der Waals surface area contributed by atoms with Crippen molar-refractivity contribution >= 4 is 29.3 Å². The lowest BCUT2D eigenvalue weighted by Crippen LogP contribution is -2.59. The molecule has 3 aromatic carbocycles. The van der Waals surface area contributed by atoms with Crippen LogP contribution in [0.15, 0.2) is 78.9 Å². The van der Waals surface area contributed by atoms with Crippen molar-refractivity contribution in [1.29, 1.82) is 0 Å². The number of anilines is 2. The third-order valence-electron chi connectivity index (χ3n) is 7.46. The molecule has 0 bridgehead atoms. The molecule has 3 aromatic rings. The van der Waals surface area contributed by atoms with Crippen molar-refractivity contribution in [3.8, 4) is 5.75 Å². The molecule has 2 fully saturated rings. The molecular formula is C32H33F4N3O5. The van der Waals surface area contributed by atoms with E-state index in [2.05, 4.69) is 24.0 Å². The minimum atomic E-state index is -5.08. The van der Waals surface area contributed by atoms with Crippen LogP contribution in [0.5, 0.6) is 5.75 Å². The molecule has 2 atom stereocenters. The fourth-order valence-electron chi connectivity index (χ4n) is 5.58. The Morgan fingerprint density at radius 2 is 1.64 bits per heavy atom. The number of hydrogen-bond donors (Lipinski definition) is 1. The molecule has 12 heteroatoms. The fourth-order valence-corrected chi connectivity index (χ4v) is 5.58. The van der Waals surface area contributed by atoms with E-state index < -0.39 is 29.5 Å². The molecule has 0 saturated carbocycles. The SMILES string of the molecule is CC(C)Oc1cccc(CN2CC[C@@]3(C[C@@H]2C)C(=O)N(c2ccccc2)C(=O)N3c2cccc(F)c2)c1.O=C(O)C(F)(F)F. The Morgan fingerprint density at radius 1 is 1.00 bits per heavy atom. The summed E-state index contributed by atoms with van der Waals surface area (Å²) in [4.78, 5) is 41.8. The normalized spacial score (nSPS) is 20.6. The molecular weight excluding hydrogens is 582 g/mol. The van der Waals surface area contributed by atoms with Crippen LogP contribution in [-0.2, 0) is 16.1 Å². The molecule has 1 N–H and O–H groups in total. The summed E-state index contributed by atoms with van der Waals surface area (Å²) < 4.78 is 51.9. The van der Waals surface area contributed by atoms with Crippen molar-refractivity contribution in [2.75, 3.05) is 16.3 Å². The smallest absolute Gasteiger partial charge is 0.490 e. The summed E-state index contributed by atoms with van der Waals surface area (Å²) in [5.41, 5.74) is 0.964. The third kappa shape index (κ3) is 7.02. The summed E-state index contributed by atoms with van der Waals surface area (Å²) >= 11 is 0. The van der Waals surface area contributed by atoms with E-state index in [0.717, 1.165) is 11.3 Å². The second kappa shape index (κ2) is 13.0. The molecule has 0 radical (unpaired) electrons. The van der Waals surface area contributed by atoms with Crippen molar-refractivity contribution in [1.82, 2.24) is 4.90 Å². The van der Waals surface area contributed by atoms with Gasteiger partial charge >= 0.3 is 18.2 Å². The number of nitrogens with zero attached hydrogens (tertiary/aromatic N) is 3. The van der Waals surface area contributed by atoms with Gasteiger partial charge in [-0.3, -0.25) is 14.6 Å². The van der Waals surface area contributed by atoms with Crippen LogP contribution in [0.25, 0.3) is 0 Å². The van der Waals surface area contributed by atoms with E-state index in [0.29, 0.717) is 37.3 Å². The van der Waals surface area contributed by atoms with Crippen LogP contribution in [0.3, 0.4) is 0 Å². The third-order valence-corrected chi connectivity index (χ3v) is 7.46. The number of carbonyl (C=O) groups is 3. The molecule has 3 amide bonds. The van der Waals surface area contributed by atoms with Crippen LogP contribution in [-0.4, -0.2) is 58.3 Å². The monoisotopic (exact) mass is 615 g/mol. The van der Waals surface area contributed by atoms with Gasteiger partial charge in [-0.15, -0.1) is 0 Å². The van der Waals surface area contributed by atoms with Gasteiger partial charge in [0.25, 0.3) is 5.91 Å². The predicted octanol–water partition coefficient (Wildman–Crippen LogP) is 6.64. The van der Waals surface area contributed by atoms with Gasteiger partial charge in [0.15, 0.2) is 0 Å². The minimum absolute atomic E-state index is 0.00644. The summed E-state index contributed by atoms with van der Waals surface area (Å²) in [6, 6.07) is 22.5. The van der Waals surface area contributed by atoms with Crippen LogP contribution in [0, 0.1) is 5.82 Å². The average molecular weight is 616 g/mol. The number of carboxylic acids is 1. The molecule has 2 heterocycles. The molecule has 44 heavy (non-hydrogen) atoms. The van der Waals surface area contributed by atoms with Gasteiger partial charge in [0.1, 0.15) is 17.1 Å². The highest BCUT2D eigenvalue weighted by Gasteiger charge is 2.60. The van der Waals surface area contributed by atoms with Gasteiger partial charge in [-0.2, -0.15) is 13.2 Å². The number of para-hydroxylation sites is 1. The largest absolute Gasteiger partial charge is 0.491 e. The Kier molecular flexibility index (Phi) is 9.62. The Hall–Kier alpha value is -4.45. The first kappa shape index (κ1) is 32.5. The fraction of sp³-hybridized carbons (Fsp3) is 0.344. The van der Waals surface area contributed by atoms with Crippen molar-refractivity contribution in [3.63, 3.8) is 0 Å². The maximum Gasteiger partial charge on any atom is 0.490 e. The van der Waals surface area contributed by atoms with Crippen molar-refractivity contribution < 1.29 is 41.8 Å². The standard InChI is InChI=1S/C30H32FN3O3.C2HF3O2/c1-21(2)37-27-14-7-9-23(17-27)20-32-16-15-30(19-22(32)3)28(35)33(25-11-5-4-6-12-25)29(36)34(30)26-13-8-10-24(31)18-26;3-2(4,5)1(6)7/h4-14,17-18,21-22H,15-16,19-20H2,1-3H3;(H,6,7)/t22-,30+;/m0./s1. The number of hydrogen-bond acceptors (Lipinski definition) is 5. The minimum Gasteiger partial charge on any atom is -0.491 e. The maximum atomic E-state index is 14.3. The van der Waals surface area contributed by atoms with Gasteiger partial charge in [-0.25, -0.2) is 18.9 Å². The summed E-state index contributed by atoms with van der Waals surface area (Å²) in [5.74, 6) is -2.62. The Bertz CT molecular complexity index is 1500. The number of piperidine rings is 1. The highest BCUT2D eigenvalue weighted by Crippen LogP contribution is 2.44. The first-order valence-corrected chi connectivity index (χ1v) is 14.0. The quantitative estimate of drug-likeness (QED) is 0.247. The number of halogens is 4. The summed E-state index contributed by atoms with van der Waals surface area (Å²) in [5, 5.41) is 7.12. The number of imide groups is 1. The zero-order valence-electron chi connectivity index (χ0n) is 24.4. The predicted molar refractivity (Wildman–Crippen MR) is 156 cm³/mol. The Labute approximate surface area is 252 Å². The van der Waals surface area contributed by atoms with Gasteiger partial charge in [-0.05, 0) is 81.6 Å². The topological polar surface area (TPSA) is 90.4 Å². The van der Waals surface area contributed by atoms with Gasteiger partial charge in [0, 0.05) is 24.8 Å². The van der Waals surface area contributed by atoms with Crippen LogP contribution >= 0.6 is 0 Å². The molecule has 234 valence electrons. The highest BCUT2D eigenvalue weighted by molar-refractivity contribution is 6.30. The number of benzene rings is 3. The van der Waals surface area contributed by atoms with E-state index in [1.165, 1.54) is 21.9 Å². The molecule has 0 unspecified atom stereocenters. The first-order valence-electron chi connectivity index (χ1n) is 14.0. The van der Waals surface area contributed by atoms with Crippen LogP contribution in [0.1, 0.15) is 39.2 Å². The second-order valence-corrected chi connectivity index (χ2v) is 11.0. The number of carbonyl (C=O) groups excluding carboxylic acids is 2. The van der Waals surface area contributed by atoms with E-state index in [-0.39, 0.29) is 18.1 Å². The molecule has 0 aromatic heterocycles. The number of carboxylic acid groups (broad SMARTS) is 1. The zero-order valence-corrected chi connectivity index (χ0v) is 24.4. The lowest BCUT2D eigenvalue weighted by Gasteiger charge is -2.45. The summed E-state index contributed by atoms with van der Waals surface area (Å²) in [7, 11) is 0. The molecule has 8 nitrogen and oxygen atoms in total. The summed E-state index contributed by atoms with van der Waals surface area (Å²) in [6.07, 6.45) is -4.10. The number of rotatable bonds is 6. The number of urea groups is 1. The van der Waals surface area contributed by atoms with Gasteiger partial charge < -0.3 is 9.84 Å². The van der Waals surface area contributed by atoms with E-state index in [1.54, 1.807) is 36.4 Å². The van der Waals surface area contributed by atoms with Crippen LogP contribution in [0.4, 0.5) is 33.7 Å². The molecule has 1 spiro atoms. The van der Waals surface area contributed by atoms with Crippen molar-refractivity contribution in [3.05, 3.63) is 90.2 Å². The number of ether oxygens (including phenoxy) is 1. The van der Waals surface area contributed by atoms with Crippen molar-refractivity contribution in [2.24, 2.45) is 0 Å². The van der Waals surface area contributed by atoms with Crippen LogP contribution < -0.4 is 14.5 Å². The Balaban J connectivity index is 0.000000566. The number of likely N-dealkylation sites (tertiary alicyclic amines) is 1. The molecule has 2 aliphatic rings.